The quantitative estimate of drug-likeness (QED) is 0.806. The average molecular weight is 274 g/mol. The molecule has 2 heteroatoms. The lowest BCUT2D eigenvalue weighted by molar-refractivity contribution is 0.104. The summed E-state index contributed by atoms with van der Waals surface area (Å²) in [5.74, 6) is 0. The van der Waals surface area contributed by atoms with Crippen molar-refractivity contribution in [1.82, 2.24) is 4.90 Å². The van der Waals surface area contributed by atoms with E-state index < -0.39 is 0 Å². The van der Waals surface area contributed by atoms with Crippen LogP contribution < -0.4 is 5.73 Å². The predicted molar refractivity (Wildman–Crippen MR) is 87.0 cm³/mol. The molecular weight excluding hydrogens is 244 g/mol. The van der Waals surface area contributed by atoms with Gasteiger partial charge in [0.25, 0.3) is 0 Å². The minimum absolute atomic E-state index is 0.178. The number of fused-ring (bicyclic) bond motifs is 1. The summed E-state index contributed by atoms with van der Waals surface area (Å²) in [5, 5.41) is 0. The zero-order chi connectivity index (χ0) is 14.4. The second-order valence-corrected chi connectivity index (χ2v) is 6.41. The van der Waals surface area contributed by atoms with E-state index in [1.54, 1.807) is 0 Å². The lowest BCUT2D eigenvalue weighted by Crippen LogP contribution is -2.52. The largest absolute Gasteiger partial charge is 0.329 e. The van der Waals surface area contributed by atoms with Gasteiger partial charge in [-0.1, -0.05) is 50.5 Å². The highest BCUT2D eigenvalue weighted by Crippen LogP contribution is 2.25. The summed E-state index contributed by atoms with van der Waals surface area (Å²) in [4.78, 5) is 2.64. The Bertz CT molecular complexity index is 389. The maximum atomic E-state index is 6.13. The van der Waals surface area contributed by atoms with Crippen molar-refractivity contribution >= 4 is 0 Å². The van der Waals surface area contributed by atoms with Gasteiger partial charge in [-0.3, -0.25) is 4.90 Å². The van der Waals surface area contributed by atoms with Crippen molar-refractivity contribution in [2.75, 3.05) is 19.6 Å². The Kier molecular flexibility index (Phi) is 5.62. The molecule has 1 aliphatic rings. The SMILES string of the molecule is CCCCCC(C)(CN)N1CCc2ccccc2CC1. The van der Waals surface area contributed by atoms with Gasteiger partial charge in [0.1, 0.15) is 0 Å². The van der Waals surface area contributed by atoms with Crippen LogP contribution in [0.2, 0.25) is 0 Å². The number of nitrogens with zero attached hydrogens (tertiary/aromatic N) is 1. The molecule has 0 aromatic heterocycles. The van der Waals surface area contributed by atoms with Gasteiger partial charge < -0.3 is 5.73 Å². The lowest BCUT2D eigenvalue weighted by atomic mass is 9.92. The summed E-state index contributed by atoms with van der Waals surface area (Å²) in [5.41, 5.74) is 9.37. The molecule has 2 N–H and O–H groups in total. The number of nitrogens with two attached hydrogens (primary N) is 1. The van der Waals surface area contributed by atoms with Crippen molar-refractivity contribution in [3.63, 3.8) is 0 Å². The minimum Gasteiger partial charge on any atom is -0.329 e. The lowest BCUT2D eigenvalue weighted by Gasteiger charge is -2.40. The van der Waals surface area contributed by atoms with Crippen molar-refractivity contribution < 1.29 is 0 Å². The van der Waals surface area contributed by atoms with Crippen molar-refractivity contribution in [3.8, 4) is 0 Å². The Morgan fingerprint density at radius 2 is 1.70 bits per heavy atom. The van der Waals surface area contributed by atoms with Crippen LogP contribution >= 0.6 is 0 Å². The Morgan fingerprint density at radius 3 is 2.20 bits per heavy atom. The molecule has 0 saturated heterocycles. The zero-order valence-electron chi connectivity index (χ0n) is 13.2. The molecule has 1 atom stereocenters. The smallest absolute Gasteiger partial charge is 0.0303 e. The number of unbranched alkanes of at least 4 members (excludes halogenated alkanes) is 2. The number of hydrogen-bond donors (Lipinski definition) is 1. The maximum absolute atomic E-state index is 6.13. The Balaban J connectivity index is 2.02. The van der Waals surface area contributed by atoms with E-state index in [0.29, 0.717) is 0 Å². The predicted octanol–water partition coefficient (Wildman–Crippen LogP) is 3.38. The molecule has 2 rings (SSSR count). The van der Waals surface area contributed by atoms with Crippen LogP contribution in [0.5, 0.6) is 0 Å². The summed E-state index contributed by atoms with van der Waals surface area (Å²) in [6, 6.07) is 8.90. The average Bonchev–Trinajstić information content (AvgIpc) is 2.70. The highest BCUT2D eigenvalue weighted by atomic mass is 15.2. The van der Waals surface area contributed by atoms with Crippen LogP contribution in [-0.2, 0) is 12.8 Å². The summed E-state index contributed by atoms with van der Waals surface area (Å²) < 4.78 is 0. The fourth-order valence-corrected chi connectivity index (χ4v) is 3.35. The van der Waals surface area contributed by atoms with Crippen LogP contribution in [0.1, 0.15) is 50.7 Å². The number of hydrogen-bond acceptors (Lipinski definition) is 2. The molecule has 0 radical (unpaired) electrons. The molecule has 0 saturated carbocycles. The molecule has 1 heterocycles. The first-order valence-corrected chi connectivity index (χ1v) is 8.21. The van der Waals surface area contributed by atoms with Crippen LogP contribution in [0.15, 0.2) is 24.3 Å². The van der Waals surface area contributed by atoms with E-state index in [1.807, 2.05) is 0 Å². The number of rotatable bonds is 6. The topological polar surface area (TPSA) is 29.3 Å². The van der Waals surface area contributed by atoms with Crippen LogP contribution in [0, 0.1) is 0 Å². The maximum Gasteiger partial charge on any atom is 0.0303 e. The van der Waals surface area contributed by atoms with Gasteiger partial charge in [0.2, 0.25) is 0 Å². The van der Waals surface area contributed by atoms with Crippen molar-refractivity contribution in [2.24, 2.45) is 5.73 Å². The van der Waals surface area contributed by atoms with Crippen LogP contribution in [-0.4, -0.2) is 30.1 Å². The van der Waals surface area contributed by atoms with Gasteiger partial charge in [-0.05, 0) is 37.3 Å². The van der Waals surface area contributed by atoms with Crippen molar-refractivity contribution in [2.45, 2.75) is 57.9 Å². The van der Waals surface area contributed by atoms with Crippen LogP contribution in [0.4, 0.5) is 0 Å². The first-order valence-electron chi connectivity index (χ1n) is 8.21. The standard InChI is InChI=1S/C18H30N2/c1-3-4-7-12-18(2,15-19)20-13-10-16-8-5-6-9-17(16)11-14-20/h5-6,8-9H,3-4,7,10-15,19H2,1-2H3. The Hall–Kier alpha value is -0.860. The zero-order valence-corrected chi connectivity index (χ0v) is 13.2. The molecule has 1 aromatic carbocycles. The third-order valence-electron chi connectivity index (χ3n) is 4.94. The van der Waals surface area contributed by atoms with E-state index >= 15 is 0 Å². The van der Waals surface area contributed by atoms with E-state index in [2.05, 4.69) is 43.0 Å². The molecule has 1 aromatic rings. The van der Waals surface area contributed by atoms with Gasteiger partial charge in [0, 0.05) is 25.2 Å². The third-order valence-corrected chi connectivity index (χ3v) is 4.94. The Labute approximate surface area is 124 Å². The first kappa shape index (κ1) is 15.5. The second-order valence-electron chi connectivity index (χ2n) is 6.41. The van der Waals surface area contributed by atoms with E-state index in [4.69, 9.17) is 5.73 Å². The molecular formula is C18H30N2. The first-order chi connectivity index (χ1) is 9.69. The molecule has 0 spiro atoms. The molecule has 2 nitrogen and oxygen atoms in total. The summed E-state index contributed by atoms with van der Waals surface area (Å²) in [6.45, 7) is 7.70. The van der Waals surface area contributed by atoms with Gasteiger partial charge in [-0.25, -0.2) is 0 Å². The molecule has 1 unspecified atom stereocenters. The third kappa shape index (κ3) is 3.62. The molecule has 0 amide bonds. The minimum atomic E-state index is 0.178. The summed E-state index contributed by atoms with van der Waals surface area (Å²) >= 11 is 0. The van der Waals surface area contributed by atoms with Crippen molar-refractivity contribution in [1.29, 1.82) is 0 Å². The van der Waals surface area contributed by atoms with Gasteiger partial charge >= 0.3 is 0 Å². The van der Waals surface area contributed by atoms with E-state index in [1.165, 1.54) is 49.7 Å². The van der Waals surface area contributed by atoms with E-state index in [9.17, 15) is 0 Å². The van der Waals surface area contributed by atoms with Crippen molar-refractivity contribution in [3.05, 3.63) is 35.4 Å². The molecule has 112 valence electrons. The Morgan fingerprint density at radius 1 is 1.10 bits per heavy atom. The van der Waals surface area contributed by atoms with E-state index in [0.717, 1.165) is 19.6 Å². The summed E-state index contributed by atoms with van der Waals surface area (Å²) in [7, 11) is 0. The second kappa shape index (κ2) is 7.24. The summed E-state index contributed by atoms with van der Waals surface area (Å²) in [6.07, 6.45) is 7.47. The molecule has 1 aliphatic heterocycles. The fraction of sp³-hybridized carbons (Fsp3) is 0.667. The van der Waals surface area contributed by atoms with Gasteiger partial charge in [0.05, 0.1) is 0 Å². The molecule has 0 aliphatic carbocycles. The van der Waals surface area contributed by atoms with Gasteiger partial charge in [-0.2, -0.15) is 0 Å². The molecule has 0 bridgehead atoms. The molecule has 20 heavy (non-hydrogen) atoms. The number of benzene rings is 1. The van der Waals surface area contributed by atoms with Crippen LogP contribution in [0.25, 0.3) is 0 Å². The fourth-order valence-electron chi connectivity index (χ4n) is 3.35. The monoisotopic (exact) mass is 274 g/mol. The highest BCUT2D eigenvalue weighted by molar-refractivity contribution is 5.28. The molecule has 0 fully saturated rings. The normalized spacial score (nSPS) is 19.1. The van der Waals surface area contributed by atoms with Gasteiger partial charge in [0.15, 0.2) is 0 Å². The van der Waals surface area contributed by atoms with E-state index in [-0.39, 0.29) is 5.54 Å². The van der Waals surface area contributed by atoms with Gasteiger partial charge in [-0.15, -0.1) is 0 Å². The highest BCUT2D eigenvalue weighted by Gasteiger charge is 2.30. The van der Waals surface area contributed by atoms with Crippen LogP contribution in [0.3, 0.4) is 0 Å².